The number of aromatic nitrogens is 1. The monoisotopic (exact) mass is 501 g/mol. The zero-order valence-electron chi connectivity index (χ0n) is 21.5. The van der Waals surface area contributed by atoms with Crippen LogP contribution in [0.4, 0.5) is 5.69 Å². The van der Waals surface area contributed by atoms with Gasteiger partial charge in [-0.3, -0.25) is 9.78 Å². The van der Waals surface area contributed by atoms with E-state index in [0.29, 0.717) is 61.6 Å². The lowest BCUT2D eigenvalue weighted by Gasteiger charge is -2.28. The van der Waals surface area contributed by atoms with Crippen molar-refractivity contribution in [3.63, 3.8) is 0 Å². The van der Waals surface area contributed by atoms with Crippen LogP contribution in [0.15, 0.2) is 42.6 Å². The van der Waals surface area contributed by atoms with Crippen molar-refractivity contribution in [1.29, 1.82) is 0 Å². The summed E-state index contributed by atoms with van der Waals surface area (Å²) in [6.45, 7) is 8.17. The highest BCUT2D eigenvalue weighted by Crippen LogP contribution is 2.50. The molecule has 0 aliphatic carbocycles. The van der Waals surface area contributed by atoms with Gasteiger partial charge < -0.3 is 14.6 Å². The van der Waals surface area contributed by atoms with E-state index >= 15 is 0 Å². The Kier molecular flexibility index (Phi) is 5.98. The number of carbonyl (C=O) groups is 1. The van der Waals surface area contributed by atoms with Crippen molar-refractivity contribution in [2.45, 2.75) is 46.1 Å². The Morgan fingerprint density at radius 2 is 1.89 bits per heavy atom. The normalized spacial score (nSPS) is 12.9. The fourth-order valence-electron chi connectivity index (χ4n) is 5.18. The summed E-state index contributed by atoms with van der Waals surface area (Å²) in [7, 11) is 1.29. The zero-order chi connectivity index (χ0) is 26.5. The van der Waals surface area contributed by atoms with Gasteiger partial charge in [-0.1, -0.05) is 18.2 Å². The molecule has 0 amide bonds. The fraction of sp³-hybridized carbons (Fsp3) is 0.310. The molecule has 0 saturated heterocycles. The van der Waals surface area contributed by atoms with Gasteiger partial charge in [0.25, 0.3) is 4.92 Å². The van der Waals surface area contributed by atoms with Crippen LogP contribution < -0.4 is 9.47 Å². The van der Waals surface area contributed by atoms with Crippen molar-refractivity contribution in [2.75, 3.05) is 13.7 Å². The number of rotatable bonds is 6. The third-order valence-corrected chi connectivity index (χ3v) is 6.56. The Balaban J connectivity index is 2.01. The second kappa shape index (κ2) is 9.03. The summed E-state index contributed by atoms with van der Waals surface area (Å²) in [5.41, 5.74) is 3.86. The van der Waals surface area contributed by atoms with Crippen LogP contribution in [-0.2, 0) is 22.5 Å². The van der Waals surface area contributed by atoms with Crippen molar-refractivity contribution in [2.24, 2.45) is 0 Å². The highest BCUT2D eigenvalue weighted by Gasteiger charge is 2.33. The molecular weight excluding hydrogens is 472 g/mol. The molecule has 0 unspecified atom stereocenters. The van der Waals surface area contributed by atoms with Gasteiger partial charge in [-0.05, 0) is 61.9 Å². The summed E-state index contributed by atoms with van der Waals surface area (Å²) in [5.74, 6) is 0.212. The Hall–Kier alpha value is -4.20. The first-order valence-electron chi connectivity index (χ1n) is 12.1. The Morgan fingerprint density at radius 3 is 2.57 bits per heavy atom. The number of hydrogen-bond donors (Lipinski definition) is 1. The molecule has 5 rings (SSSR count). The van der Waals surface area contributed by atoms with E-state index in [-0.39, 0.29) is 12.1 Å². The number of hydrogen-bond acceptors (Lipinski definition) is 6. The molecule has 3 aromatic carbocycles. The Labute approximate surface area is 214 Å². The molecule has 0 atom stereocenters. The highest BCUT2D eigenvalue weighted by atomic mass is 16.8. The van der Waals surface area contributed by atoms with E-state index in [1.807, 2.05) is 57.2 Å². The van der Waals surface area contributed by atoms with Gasteiger partial charge >= 0.3 is 11.7 Å². The smallest absolute Gasteiger partial charge is 0.327 e. The van der Waals surface area contributed by atoms with Crippen LogP contribution in [0.25, 0.3) is 32.8 Å². The minimum Gasteiger partial charge on any atom is -0.492 e. The van der Waals surface area contributed by atoms with E-state index in [0.717, 1.165) is 17.4 Å². The molecule has 1 N–H and O–H groups in total. The molecule has 0 spiro atoms. The Bertz CT molecular complexity index is 1590. The van der Waals surface area contributed by atoms with Crippen molar-refractivity contribution in [1.82, 2.24) is 4.98 Å². The van der Waals surface area contributed by atoms with Gasteiger partial charge in [-0.2, -0.15) is 0 Å². The number of benzene rings is 3. The third kappa shape index (κ3) is 4.22. The molecule has 0 bridgehead atoms. The summed E-state index contributed by atoms with van der Waals surface area (Å²) in [5, 5.41) is 12.2. The molecule has 0 radical (unpaired) electrons. The van der Waals surface area contributed by atoms with Crippen LogP contribution in [0.3, 0.4) is 0 Å². The maximum Gasteiger partial charge on any atom is 0.327 e. The van der Waals surface area contributed by atoms with E-state index in [9.17, 15) is 14.8 Å². The molecule has 0 saturated carbocycles. The number of aliphatic carboxylic acids is 1. The van der Waals surface area contributed by atoms with E-state index in [1.165, 1.54) is 7.11 Å². The largest absolute Gasteiger partial charge is 0.492 e. The topological polar surface area (TPSA) is 98.0 Å². The molecule has 1 aliphatic heterocycles. The maximum atomic E-state index is 12.8. The van der Waals surface area contributed by atoms with Crippen LogP contribution in [-0.4, -0.2) is 40.3 Å². The van der Waals surface area contributed by atoms with Crippen molar-refractivity contribution in [3.05, 3.63) is 64.2 Å². The lowest BCUT2D eigenvalue weighted by Crippen LogP contribution is -2.24. The molecule has 8 nitrogen and oxygen atoms in total. The lowest BCUT2D eigenvalue weighted by atomic mass is 9.85. The maximum absolute atomic E-state index is 12.8. The third-order valence-electron chi connectivity index (χ3n) is 6.56. The molecule has 8 heteroatoms. The van der Waals surface area contributed by atoms with E-state index in [2.05, 4.69) is 0 Å². The van der Waals surface area contributed by atoms with Gasteiger partial charge in [0, 0.05) is 29.6 Å². The fourth-order valence-corrected chi connectivity index (χ4v) is 5.18. The predicted molar refractivity (Wildman–Crippen MR) is 141 cm³/mol. The second-order valence-electron chi connectivity index (χ2n) is 10.1. The molecule has 2 heterocycles. The first-order chi connectivity index (χ1) is 17.6. The van der Waals surface area contributed by atoms with Crippen molar-refractivity contribution < 1.29 is 29.1 Å². The van der Waals surface area contributed by atoms with Crippen molar-refractivity contribution >= 4 is 33.3 Å². The number of carboxylic acid groups (broad SMARTS) is 1. The van der Waals surface area contributed by atoms with Gasteiger partial charge in [-0.25, -0.2) is 4.84 Å². The van der Waals surface area contributed by atoms with E-state index in [1.54, 1.807) is 13.1 Å². The van der Waals surface area contributed by atoms with E-state index in [4.69, 9.17) is 19.3 Å². The number of pyridine rings is 1. The average Bonchev–Trinajstić information content (AvgIpc) is 2.84. The van der Waals surface area contributed by atoms with Crippen molar-refractivity contribution in [3.8, 4) is 22.6 Å². The quantitative estimate of drug-likeness (QED) is 0.320. The van der Waals surface area contributed by atoms with Gasteiger partial charge in [0.05, 0.1) is 34.4 Å². The van der Waals surface area contributed by atoms with Gasteiger partial charge in [0.15, 0.2) is 7.11 Å². The van der Waals surface area contributed by atoms with Gasteiger partial charge in [0.1, 0.15) is 17.1 Å². The van der Waals surface area contributed by atoms with Crippen LogP contribution in [0.1, 0.15) is 37.5 Å². The lowest BCUT2D eigenvalue weighted by molar-refractivity contribution is -0.736. The minimum atomic E-state index is -1.02. The van der Waals surface area contributed by atoms with Crippen LogP contribution in [0, 0.1) is 11.8 Å². The SMILES string of the molecule is CO[N+](=O)c1c(C)c(CC(=O)O)c(-c2c(OC(C)(C)C)cc3c4c(ccnc24)CCO3)c2ccccc12. The molecule has 37 heavy (non-hydrogen) atoms. The molecule has 1 aliphatic rings. The second-order valence-corrected chi connectivity index (χ2v) is 10.1. The minimum absolute atomic E-state index is 0.274. The molecule has 1 aromatic heterocycles. The average molecular weight is 502 g/mol. The predicted octanol–water partition coefficient (Wildman–Crippen LogP) is 6.07. The number of carboxylic acids is 1. The molecule has 190 valence electrons. The van der Waals surface area contributed by atoms with Crippen LogP contribution >= 0.6 is 0 Å². The number of nitrogens with zero attached hydrogens (tertiary/aromatic N) is 2. The molecular formula is C29H29N2O6+. The summed E-state index contributed by atoms with van der Waals surface area (Å²) in [6, 6.07) is 11.3. The number of ether oxygens (including phenoxy) is 2. The van der Waals surface area contributed by atoms with Gasteiger partial charge in [0.2, 0.25) is 0 Å². The summed E-state index contributed by atoms with van der Waals surface area (Å²) in [6.07, 6.45) is 2.21. The standard InChI is InChI=1S/C29H28N2O6/c1-16-20(14-23(32)33)25(18-8-6-7-9-19(18)28(16)31(34)35-5)26-22(37-29(2,3)4)15-21-24-17(11-13-36-21)10-12-30-27(24)26/h6-10,12,15H,11,13-14H2,1-5H3/p+1. The molecule has 4 aromatic rings. The van der Waals surface area contributed by atoms with Crippen LogP contribution in [0.5, 0.6) is 11.5 Å². The summed E-state index contributed by atoms with van der Waals surface area (Å²) < 4.78 is 12.5. The first kappa shape index (κ1) is 24.5. The summed E-state index contributed by atoms with van der Waals surface area (Å²) >= 11 is 0. The Morgan fingerprint density at radius 1 is 1.16 bits per heavy atom. The van der Waals surface area contributed by atoms with Crippen LogP contribution in [0.2, 0.25) is 0 Å². The first-order valence-corrected chi connectivity index (χ1v) is 12.1. The number of fused-ring (bicyclic) bond motifs is 1. The highest BCUT2D eigenvalue weighted by molar-refractivity contribution is 6.12. The zero-order valence-corrected chi connectivity index (χ0v) is 21.5. The van der Waals surface area contributed by atoms with Gasteiger partial charge in [-0.15, -0.1) is 0 Å². The van der Waals surface area contributed by atoms with E-state index < -0.39 is 11.6 Å². The summed E-state index contributed by atoms with van der Waals surface area (Å²) in [4.78, 5) is 35.2. The molecule has 0 fully saturated rings.